The van der Waals surface area contributed by atoms with Crippen LogP contribution in [0.3, 0.4) is 0 Å². The Morgan fingerprint density at radius 1 is 0.636 bits per heavy atom. The highest BCUT2D eigenvalue weighted by Crippen LogP contribution is 2.41. The van der Waals surface area contributed by atoms with E-state index in [9.17, 15) is 0 Å². The zero-order chi connectivity index (χ0) is 26.4. The molecule has 0 aliphatic carbocycles. The molecule has 5 nitrogen and oxygen atoms in total. The Balaban J connectivity index is 4.72. The maximum atomic E-state index is 6.51. The van der Waals surface area contributed by atoms with E-state index in [2.05, 4.69) is 76.2 Å². The SMILES string of the molecule is COC(C)(C)C(C)COC(C)(C)C(C)(C)CCOC(C)(C)C(C)(C)CCCCOC(C)(C)N. The lowest BCUT2D eigenvalue weighted by atomic mass is 9.72. The number of nitrogens with two attached hydrogens (primary N) is 1. The van der Waals surface area contributed by atoms with Gasteiger partial charge in [-0.15, -0.1) is 0 Å². The molecule has 0 radical (unpaired) electrons. The molecule has 0 saturated heterocycles. The third-order valence-corrected chi connectivity index (χ3v) is 8.53. The second kappa shape index (κ2) is 12.2. The van der Waals surface area contributed by atoms with Gasteiger partial charge in [-0.1, -0.05) is 41.0 Å². The van der Waals surface area contributed by atoms with E-state index in [1.54, 1.807) is 7.11 Å². The quantitative estimate of drug-likeness (QED) is 0.183. The van der Waals surface area contributed by atoms with Gasteiger partial charge in [-0.05, 0) is 85.5 Å². The fraction of sp³-hybridized carbons (Fsp3) is 1.00. The third-order valence-electron chi connectivity index (χ3n) is 8.53. The second-order valence-corrected chi connectivity index (χ2v) is 13.3. The Kier molecular flexibility index (Phi) is 12.1. The predicted molar refractivity (Wildman–Crippen MR) is 141 cm³/mol. The van der Waals surface area contributed by atoms with Crippen molar-refractivity contribution in [2.24, 2.45) is 22.5 Å². The summed E-state index contributed by atoms with van der Waals surface area (Å²) in [6, 6.07) is 0. The maximum Gasteiger partial charge on any atom is 0.111 e. The van der Waals surface area contributed by atoms with Gasteiger partial charge in [-0.25, -0.2) is 0 Å². The normalized spacial score (nSPS) is 15.7. The Morgan fingerprint density at radius 2 is 1.12 bits per heavy atom. The summed E-state index contributed by atoms with van der Waals surface area (Å²) in [4.78, 5) is 0. The summed E-state index contributed by atoms with van der Waals surface area (Å²) < 4.78 is 24.2. The van der Waals surface area contributed by atoms with Crippen LogP contribution in [0.5, 0.6) is 0 Å². The lowest BCUT2D eigenvalue weighted by molar-refractivity contribution is -0.152. The summed E-state index contributed by atoms with van der Waals surface area (Å²) >= 11 is 0. The summed E-state index contributed by atoms with van der Waals surface area (Å²) in [5.74, 6) is 0.301. The Hall–Kier alpha value is -0.200. The van der Waals surface area contributed by atoms with Gasteiger partial charge in [0.25, 0.3) is 0 Å². The van der Waals surface area contributed by atoms with Crippen LogP contribution in [-0.4, -0.2) is 49.5 Å². The van der Waals surface area contributed by atoms with Gasteiger partial charge < -0.3 is 24.7 Å². The average molecular weight is 474 g/mol. The van der Waals surface area contributed by atoms with E-state index in [-0.39, 0.29) is 27.6 Å². The van der Waals surface area contributed by atoms with Crippen molar-refractivity contribution in [2.45, 2.75) is 138 Å². The summed E-state index contributed by atoms with van der Waals surface area (Å²) in [5, 5.41) is 0. The third kappa shape index (κ3) is 10.9. The molecule has 0 aromatic rings. The van der Waals surface area contributed by atoms with Crippen LogP contribution >= 0.6 is 0 Å². The predicted octanol–water partition coefficient (Wildman–Crippen LogP) is 6.96. The van der Waals surface area contributed by atoms with Gasteiger partial charge in [-0.3, -0.25) is 0 Å². The van der Waals surface area contributed by atoms with Crippen LogP contribution in [0.15, 0.2) is 0 Å². The van der Waals surface area contributed by atoms with Gasteiger partial charge in [0, 0.05) is 26.2 Å². The van der Waals surface area contributed by atoms with Gasteiger partial charge in [0.2, 0.25) is 0 Å². The highest BCUT2D eigenvalue weighted by molar-refractivity contribution is 4.91. The number of rotatable bonds is 17. The Labute approximate surface area is 206 Å². The zero-order valence-electron chi connectivity index (χ0n) is 24.7. The van der Waals surface area contributed by atoms with Crippen molar-refractivity contribution >= 4 is 0 Å². The fourth-order valence-electron chi connectivity index (χ4n) is 3.29. The van der Waals surface area contributed by atoms with E-state index in [0.29, 0.717) is 25.7 Å². The molecule has 0 rings (SSSR count). The van der Waals surface area contributed by atoms with Crippen molar-refractivity contribution in [1.82, 2.24) is 0 Å². The zero-order valence-corrected chi connectivity index (χ0v) is 24.7. The van der Waals surface area contributed by atoms with Gasteiger partial charge in [0.1, 0.15) is 5.72 Å². The Bertz CT molecular complexity index is 559. The van der Waals surface area contributed by atoms with Gasteiger partial charge in [0.05, 0.1) is 23.4 Å². The number of unbranched alkanes of at least 4 members (excludes halogenated alkanes) is 1. The minimum absolute atomic E-state index is 0.0312. The van der Waals surface area contributed by atoms with Crippen molar-refractivity contribution in [2.75, 3.05) is 26.9 Å². The van der Waals surface area contributed by atoms with Gasteiger partial charge in [-0.2, -0.15) is 0 Å². The molecule has 33 heavy (non-hydrogen) atoms. The molecule has 5 heteroatoms. The first-order valence-electron chi connectivity index (χ1n) is 12.9. The molecule has 0 spiro atoms. The standard InChI is InChI=1S/C28H59NO4/c1-22(25(6,7)30-14)21-33-27(10,11)24(4,5)18-20-31-26(8,9)23(2,3)17-15-16-19-32-28(12,13)29/h22H,15-21,29H2,1-14H3. The molecular formula is C28H59NO4. The monoisotopic (exact) mass is 473 g/mol. The Morgan fingerprint density at radius 3 is 1.61 bits per heavy atom. The largest absolute Gasteiger partial charge is 0.378 e. The lowest BCUT2D eigenvalue weighted by Crippen LogP contribution is -2.46. The maximum absolute atomic E-state index is 6.51. The molecule has 0 aliphatic rings. The van der Waals surface area contributed by atoms with E-state index in [1.807, 2.05) is 13.8 Å². The molecular weight excluding hydrogens is 414 g/mol. The lowest BCUT2D eigenvalue weighted by Gasteiger charge is -2.45. The fourth-order valence-corrected chi connectivity index (χ4v) is 3.29. The number of ether oxygens (including phenoxy) is 4. The summed E-state index contributed by atoms with van der Waals surface area (Å²) in [7, 11) is 1.76. The molecule has 0 aliphatic heterocycles. The molecule has 2 N–H and O–H groups in total. The molecule has 0 saturated carbocycles. The highest BCUT2D eigenvalue weighted by Gasteiger charge is 2.41. The van der Waals surface area contributed by atoms with Crippen molar-refractivity contribution < 1.29 is 18.9 Å². The topological polar surface area (TPSA) is 62.9 Å². The summed E-state index contributed by atoms with van der Waals surface area (Å²) in [6.45, 7) is 30.3. The number of hydrogen-bond acceptors (Lipinski definition) is 5. The van der Waals surface area contributed by atoms with Crippen molar-refractivity contribution in [3.63, 3.8) is 0 Å². The summed E-state index contributed by atoms with van der Waals surface area (Å²) in [5.41, 5.74) is 4.67. The molecule has 0 aromatic carbocycles. The first kappa shape index (κ1) is 32.8. The molecule has 0 bridgehead atoms. The number of methoxy groups -OCH3 is 1. The van der Waals surface area contributed by atoms with Crippen LogP contribution < -0.4 is 5.73 Å². The van der Waals surface area contributed by atoms with Gasteiger partial charge in [0.15, 0.2) is 0 Å². The summed E-state index contributed by atoms with van der Waals surface area (Å²) in [6.07, 6.45) is 4.12. The van der Waals surface area contributed by atoms with Crippen LogP contribution in [0.4, 0.5) is 0 Å². The van der Waals surface area contributed by atoms with Crippen molar-refractivity contribution in [3.8, 4) is 0 Å². The van der Waals surface area contributed by atoms with Crippen LogP contribution in [0.2, 0.25) is 0 Å². The molecule has 1 unspecified atom stereocenters. The molecule has 0 fully saturated rings. The first-order valence-corrected chi connectivity index (χ1v) is 12.9. The van der Waals surface area contributed by atoms with E-state index >= 15 is 0 Å². The van der Waals surface area contributed by atoms with Crippen LogP contribution in [0.25, 0.3) is 0 Å². The van der Waals surface area contributed by atoms with Crippen molar-refractivity contribution in [3.05, 3.63) is 0 Å². The minimum atomic E-state index is -0.555. The van der Waals surface area contributed by atoms with E-state index in [4.69, 9.17) is 24.7 Å². The number of hydrogen-bond donors (Lipinski definition) is 1. The van der Waals surface area contributed by atoms with E-state index in [1.165, 1.54) is 0 Å². The van der Waals surface area contributed by atoms with E-state index < -0.39 is 5.72 Å². The van der Waals surface area contributed by atoms with Crippen LogP contribution in [-0.2, 0) is 18.9 Å². The first-order chi connectivity index (χ1) is 14.6. The van der Waals surface area contributed by atoms with E-state index in [0.717, 1.165) is 25.7 Å². The highest BCUT2D eigenvalue weighted by atomic mass is 16.5. The van der Waals surface area contributed by atoms with Gasteiger partial charge >= 0.3 is 0 Å². The van der Waals surface area contributed by atoms with Crippen LogP contribution in [0, 0.1) is 16.7 Å². The minimum Gasteiger partial charge on any atom is -0.378 e. The average Bonchev–Trinajstić information content (AvgIpc) is 2.64. The molecule has 0 heterocycles. The smallest absolute Gasteiger partial charge is 0.111 e. The molecule has 0 amide bonds. The van der Waals surface area contributed by atoms with Crippen LogP contribution in [0.1, 0.15) is 116 Å². The molecule has 1 atom stereocenters. The molecule has 0 aromatic heterocycles. The molecule has 200 valence electrons. The van der Waals surface area contributed by atoms with Crippen molar-refractivity contribution in [1.29, 1.82) is 0 Å². The second-order valence-electron chi connectivity index (χ2n) is 13.3.